The van der Waals surface area contributed by atoms with Crippen molar-refractivity contribution in [2.45, 2.75) is 39.5 Å². The molecule has 1 saturated heterocycles. The van der Waals surface area contributed by atoms with Gasteiger partial charge in [0, 0.05) is 44.8 Å². The molecule has 9 heteroatoms. The van der Waals surface area contributed by atoms with Crippen LogP contribution >= 0.6 is 0 Å². The van der Waals surface area contributed by atoms with E-state index in [2.05, 4.69) is 39.1 Å². The van der Waals surface area contributed by atoms with Gasteiger partial charge in [-0.05, 0) is 30.5 Å². The van der Waals surface area contributed by atoms with E-state index in [1.165, 1.54) is 13.2 Å². The van der Waals surface area contributed by atoms with E-state index >= 15 is 0 Å². The number of nitrogens with zero attached hydrogens (tertiary/aromatic N) is 2. The molecule has 1 aliphatic rings. The number of benzene rings is 1. The number of hydrogen-bond acceptors (Lipinski definition) is 5. The second kappa shape index (κ2) is 12.5. The summed E-state index contributed by atoms with van der Waals surface area (Å²) in [6, 6.07) is 5.11. The number of nitrogens with one attached hydrogen (secondary N) is 2. The summed E-state index contributed by atoms with van der Waals surface area (Å²) in [5.41, 5.74) is 0.560. The van der Waals surface area contributed by atoms with Gasteiger partial charge in [-0.3, -0.25) is 9.89 Å². The van der Waals surface area contributed by atoms with Crippen molar-refractivity contribution in [2.75, 3.05) is 47.0 Å². The van der Waals surface area contributed by atoms with E-state index in [4.69, 9.17) is 9.47 Å². The lowest BCUT2D eigenvalue weighted by Gasteiger charge is -2.35. The number of halogens is 2. The highest BCUT2D eigenvalue weighted by atomic mass is 19.3. The van der Waals surface area contributed by atoms with Crippen molar-refractivity contribution < 1.29 is 23.0 Å². The summed E-state index contributed by atoms with van der Waals surface area (Å²) in [5, 5.41) is 6.54. The van der Waals surface area contributed by atoms with Gasteiger partial charge in [0.1, 0.15) is 11.5 Å². The molecule has 1 fully saturated rings. The maximum absolute atomic E-state index is 12.7. The number of morpholine rings is 1. The van der Waals surface area contributed by atoms with E-state index in [1.807, 2.05) is 0 Å². The average Bonchev–Trinajstić information content (AvgIpc) is 2.73. The van der Waals surface area contributed by atoms with Gasteiger partial charge in [-0.25, -0.2) is 0 Å². The van der Waals surface area contributed by atoms with Gasteiger partial charge in [-0.2, -0.15) is 8.78 Å². The molecule has 1 aromatic carbocycles. The van der Waals surface area contributed by atoms with Crippen molar-refractivity contribution in [3.8, 4) is 11.5 Å². The van der Waals surface area contributed by atoms with Crippen LogP contribution in [0.2, 0.25) is 0 Å². The predicted octanol–water partition coefficient (Wildman–Crippen LogP) is 2.71. The van der Waals surface area contributed by atoms with Crippen molar-refractivity contribution in [3.05, 3.63) is 23.8 Å². The Labute approximate surface area is 177 Å². The minimum atomic E-state index is -2.89. The number of alkyl halides is 2. The number of rotatable bonds is 10. The molecule has 0 spiro atoms. The fourth-order valence-electron chi connectivity index (χ4n) is 3.49. The lowest BCUT2D eigenvalue weighted by Crippen LogP contribution is -2.51. The second-order valence-corrected chi connectivity index (χ2v) is 7.59. The van der Waals surface area contributed by atoms with Crippen molar-refractivity contribution in [3.63, 3.8) is 0 Å². The standard InChI is InChI=1S/C21H34F2N4O3/c1-15(2)11-17(27-7-9-29-10-8-27)14-26-21(24-3)25-13-16-12-18(28-4)5-6-19(16)30-20(22)23/h5-6,12,15,17,20H,7-11,13-14H2,1-4H3,(H2,24,25,26). The summed E-state index contributed by atoms with van der Waals surface area (Å²) >= 11 is 0. The van der Waals surface area contributed by atoms with E-state index in [0.717, 1.165) is 39.3 Å². The smallest absolute Gasteiger partial charge is 0.387 e. The molecule has 1 atom stereocenters. The zero-order chi connectivity index (χ0) is 21.9. The van der Waals surface area contributed by atoms with Gasteiger partial charge < -0.3 is 24.8 Å². The summed E-state index contributed by atoms with van der Waals surface area (Å²) in [6.07, 6.45) is 1.06. The Kier molecular flexibility index (Phi) is 10.1. The van der Waals surface area contributed by atoms with E-state index in [0.29, 0.717) is 29.2 Å². The Bertz CT molecular complexity index is 668. The molecule has 1 unspecified atom stereocenters. The maximum Gasteiger partial charge on any atom is 0.387 e. The average molecular weight is 429 g/mol. The molecule has 0 aromatic heterocycles. The zero-order valence-corrected chi connectivity index (χ0v) is 18.3. The Hall–Kier alpha value is -2.13. The molecule has 0 bridgehead atoms. The first-order valence-electron chi connectivity index (χ1n) is 10.3. The first-order chi connectivity index (χ1) is 14.4. The number of ether oxygens (including phenoxy) is 3. The summed E-state index contributed by atoms with van der Waals surface area (Å²) < 4.78 is 40.7. The van der Waals surface area contributed by atoms with E-state index < -0.39 is 6.61 Å². The third-order valence-corrected chi connectivity index (χ3v) is 4.96. The molecule has 2 N–H and O–H groups in total. The molecule has 0 radical (unpaired) electrons. The van der Waals surface area contributed by atoms with Crippen LogP contribution in [0.3, 0.4) is 0 Å². The van der Waals surface area contributed by atoms with E-state index in [9.17, 15) is 8.78 Å². The van der Waals surface area contributed by atoms with Crippen LogP contribution in [0, 0.1) is 5.92 Å². The normalized spacial score (nSPS) is 16.6. The molecule has 1 heterocycles. The highest BCUT2D eigenvalue weighted by Crippen LogP contribution is 2.25. The summed E-state index contributed by atoms with van der Waals surface area (Å²) in [4.78, 5) is 6.71. The molecule has 2 rings (SSSR count). The fraction of sp³-hybridized carbons (Fsp3) is 0.667. The molecular weight excluding hydrogens is 394 g/mol. The number of aliphatic imine (C=N–C) groups is 1. The topological polar surface area (TPSA) is 67.4 Å². The largest absolute Gasteiger partial charge is 0.497 e. The van der Waals surface area contributed by atoms with Gasteiger partial charge in [0.2, 0.25) is 0 Å². The monoisotopic (exact) mass is 428 g/mol. The van der Waals surface area contributed by atoms with Crippen molar-refractivity contribution in [2.24, 2.45) is 10.9 Å². The summed E-state index contributed by atoms with van der Waals surface area (Å²) in [7, 11) is 3.21. The number of guanidine groups is 1. The highest BCUT2D eigenvalue weighted by Gasteiger charge is 2.22. The Morgan fingerprint density at radius 1 is 1.23 bits per heavy atom. The number of hydrogen-bond donors (Lipinski definition) is 2. The minimum absolute atomic E-state index is 0.111. The molecule has 0 saturated carbocycles. The molecule has 30 heavy (non-hydrogen) atoms. The quantitative estimate of drug-likeness (QED) is 0.441. The molecule has 7 nitrogen and oxygen atoms in total. The molecule has 1 aromatic rings. The van der Waals surface area contributed by atoms with Crippen LogP contribution < -0.4 is 20.1 Å². The second-order valence-electron chi connectivity index (χ2n) is 7.59. The van der Waals surface area contributed by atoms with Crippen LogP contribution in [0.5, 0.6) is 11.5 Å². The van der Waals surface area contributed by atoms with Gasteiger partial charge in [0.05, 0.1) is 20.3 Å². The van der Waals surface area contributed by atoms with Crippen LogP contribution in [0.15, 0.2) is 23.2 Å². The maximum atomic E-state index is 12.7. The first-order valence-corrected chi connectivity index (χ1v) is 10.3. The molecule has 0 amide bonds. The van der Waals surface area contributed by atoms with Gasteiger partial charge in [0.25, 0.3) is 0 Å². The van der Waals surface area contributed by atoms with E-state index in [1.54, 1.807) is 19.2 Å². The van der Waals surface area contributed by atoms with Crippen LogP contribution in [0.25, 0.3) is 0 Å². The fourth-order valence-corrected chi connectivity index (χ4v) is 3.49. The third-order valence-electron chi connectivity index (χ3n) is 4.96. The Morgan fingerprint density at radius 3 is 2.57 bits per heavy atom. The van der Waals surface area contributed by atoms with Crippen molar-refractivity contribution in [1.29, 1.82) is 0 Å². The van der Waals surface area contributed by atoms with E-state index in [-0.39, 0.29) is 12.3 Å². The summed E-state index contributed by atoms with van der Waals surface area (Å²) in [5.74, 6) is 1.85. The van der Waals surface area contributed by atoms with Crippen LogP contribution in [0.4, 0.5) is 8.78 Å². The van der Waals surface area contributed by atoms with Crippen LogP contribution in [-0.4, -0.2) is 70.5 Å². The lowest BCUT2D eigenvalue weighted by molar-refractivity contribution is -0.0505. The minimum Gasteiger partial charge on any atom is -0.497 e. The lowest BCUT2D eigenvalue weighted by atomic mass is 10.0. The van der Waals surface area contributed by atoms with Gasteiger partial charge in [-0.15, -0.1) is 0 Å². The highest BCUT2D eigenvalue weighted by molar-refractivity contribution is 5.79. The zero-order valence-electron chi connectivity index (χ0n) is 18.3. The predicted molar refractivity (Wildman–Crippen MR) is 113 cm³/mol. The molecule has 170 valence electrons. The van der Waals surface area contributed by atoms with Gasteiger partial charge >= 0.3 is 6.61 Å². The molecule has 1 aliphatic heterocycles. The third kappa shape index (κ3) is 7.95. The SMILES string of the molecule is CN=C(NCc1cc(OC)ccc1OC(F)F)NCC(CC(C)C)N1CCOCC1. The van der Waals surface area contributed by atoms with Gasteiger partial charge in [0.15, 0.2) is 5.96 Å². The number of methoxy groups -OCH3 is 1. The van der Waals surface area contributed by atoms with Crippen molar-refractivity contribution in [1.82, 2.24) is 15.5 Å². The Morgan fingerprint density at radius 2 is 1.97 bits per heavy atom. The molecular formula is C21H34F2N4O3. The van der Waals surface area contributed by atoms with Crippen molar-refractivity contribution >= 4 is 5.96 Å². The first kappa shape index (κ1) is 24.1. The Balaban J connectivity index is 1.97. The van der Waals surface area contributed by atoms with Crippen LogP contribution in [0.1, 0.15) is 25.8 Å². The molecule has 0 aliphatic carbocycles. The van der Waals surface area contributed by atoms with Gasteiger partial charge in [-0.1, -0.05) is 13.8 Å². The van der Waals surface area contributed by atoms with Crippen LogP contribution in [-0.2, 0) is 11.3 Å². The summed E-state index contributed by atoms with van der Waals surface area (Å²) in [6.45, 7) is 5.89.